The zero-order valence-corrected chi connectivity index (χ0v) is 10.9. The molecule has 0 amide bonds. The number of aryl methyl sites for hydroxylation is 2. The zero-order chi connectivity index (χ0) is 13.4. The second-order valence-corrected chi connectivity index (χ2v) is 4.44. The normalized spacial score (nSPS) is 12.7. The molecule has 0 spiro atoms. The number of hydrogen-bond acceptors (Lipinski definition) is 5. The van der Waals surface area contributed by atoms with Crippen molar-refractivity contribution < 1.29 is 9.53 Å². The van der Waals surface area contributed by atoms with Gasteiger partial charge in [-0.05, 0) is 32.3 Å². The highest BCUT2D eigenvalue weighted by Gasteiger charge is 2.27. The number of aromatic nitrogens is 4. The van der Waals surface area contributed by atoms with Crippen LogP contribution in [0, 0.1) is 6.92 Å². The second kappa shape index (κ2) is 4.46. The predicted octanol–water partition coefficient (Wildman–Crippen LogP) is 1.45. The largest absolute Gasteiger partial charge is 0.461 e. The van der Waals surface area contributed by atoms with Crippen molar-refractivity contribution in [3.05, 3.63) is 28.8 Å². The van der Waals surface area contributed by atoms with Crippen molar-refractivity contribution in [2.45, 2.75) is 26.7 Å². The number of fused-ring (bicyclic) bond motifs is 3. The van der Waals surface area contributed by atoms with Gasteiger partial charge >= 0.3 is 5.97 Å². The van der Waals surface area contributed by atoms with Crippen LogP contribution >= 0.6 is 0 Å². The van der Waals surface area contributed by atoms with E-state index in [1.54, 1.807) is 6.92 Å². The van der Waals surface area contributed by atoms with Crippen molar-refractivity contribution in [3.63, 3.8) is 0 Å². The second-order valence-electron chi connectivity index (χ2n) is 4.44. The number of nitrogens with one attached hydrogen (secondary N) is 1. The van der Waals surface area contributed by atoms with Crippen molar-refractivity contribution >= 4 is 5.97 Å². The number of ether oxygens (including phenoxy) is 1. The Kier molecular flexibility index (Phi) is 2.77. The number of H-pyrrole nitrogens is 1. The monoisotopic (exact) mass is 258 g/mol. The summed E-state index contributed by atoms with van der Waals surface area (Å²) in [5.74, 6) is 0.345. The summed E-state index contributed by atoms with van der Waals surface area (Å²) in [6.45, 7) is 3.98. The van der Waals surface area contributed by atoms with Gasteiger partial charge in [-0.15, -0.1) is 0 Å². The molecule has 1 aliphatic rings. The Morgan fingerprint density at radius 2 is 2.26 bits per heavy atom. The van der Waals surface area contributed by atoms with Gasteiger partial charge in [0.05, 0.1) is 12.3 Å². The van der Waals surface area contributed by atoms with E-state index in [4.69, 9.17) is 4.74 Å². The summed E-state index contributed by atoms with van der Waals surface area (Å²) in [5, 5.41) is 7.00. The minimum Gasteiger partial charge on any atom is -0.461 e. The number of nitrogens with zero attached hydrogens (tertiary/aromatic N) is 3. The summed E-state index contributed by atoms with van der Waals surface area (Å²) >= 11 is 0. The highest BCUT2D eigenvalue weighted by molar-refractivity contribution is 5.91. The Labute approximate surface area is 110 Å². The maximum absolute atomic E-state index is 11.8. The maximum atomic E-state index is 11.8. The molecule has 0 bridgehead atoms. The van der Waals surface area contributed by atoms with Crippen LogP contribution in [-0.4, -0.2) is 32.7 Å². The number of rotatable bonds is 2. The Hall–Kier alpha value is -2.24. The first-order valence-corrected chi connectivity index (χ1v) is 6.28. The van der Waals surface area contributed by atoms with E-state index >= 15 is 0 Å². The summed E-state index contributed by atoms with van der Waals surface area (Å²) in [4.78, 5) is 20.5. The van der Waals surface area contributed by atoms with Gasteiger partial charge in [-0.2, -0.15) is 5.10 Å². The third-order valence-electron chi connectivity index (χ3n) is 3.20. The van der Waals surface area contributed by atoms with E-state index < -0.39 is 0 Å². The van der Waals surface area contributed by atoms with Crippen LogP contribution in [0.2, 0.25) is 0 Å². The van der Waals surface area contributed by atoms with Gasteiger partial charge in [0.15, 0.2) is 0 Å². The molecule has 19 heavy (non-hydrogen) atoms. The first kappa shape index (κ1) is 11.8. The van der Waals surface area contributed by atoms with E-state index in [2.05, 4.69) is 20.2 Å². The van der Waals surface area contributed by atoms with Crippen molar-refractivity contribution in [3.8, 4) is 11.4 Å². The minimum absolute atomic E-state index is 0.352. The van der Waals surface area contributed by atoms with E-state index in [0.717, 1.165) is 35.4 Å². The molecule has 0 saturated carbocycles. The Morgan fingerprint density at radius 1 is 1.42 bits per heavy atom. The van der Waals surface area contributed by atoms with Gasteiger partial charge in [-0.25, -0.2) is 14.8 Å². The number of esters is 1. The van der Waals surface area contributed by atoms with Gasteiger partial charge in [0.25, 0.3) is 0 Å². The van der Waals surface area contributed by atoms with Crippen molar-refractivity contribution in [1.29, 1.82) is 0 Å². The summed E-state index contributed by atoms with van der Waals surface area (Å²) in [6.07, 6.45) is 3.40. The summed E-state index contributed by atoms with van der Waals surface area (Å²) < 4.78 is 5.02. The molecule has 2 aromatic heterocycles. The lowest BCUT2D eigenvalue weighted by molar-refractivity contribution is 0.0518. The summed E-state index contributed by atoms with van der Waals surface area (Å²) in [6, 6.07) is 0. The maximum Gasteiger partial charge on any atom is 0.356 e. The molecule has 0 unspecified atom stereocenters. The number of carbonyl (C=O) groups excluding carboxylic acids is 1. The molecule has 2 heterocycles. The van der Waals surface area contributed by atoms with Crippen LogP contribution in [-0.2, 0) is 17.6 Å². The zero-order valence-electron chi connectivity index (χ0n) is 10.9. The minimum atomic E-state index is -0.356. The molecule has 2 aromatic rings. The fourth-order valence-electron chi connectivity index (χ4n) is 2.32. The Morgan fingerprint density at radius 3 is 3.05 bits per heavy atom. The molecular weight excluding hydrogens is 244 g/mol. The lowest BCUT2D eigenvalue weighted by Crippen LogP contribution is -2.12. The van der Waals surface area contributed by atoms with E-state index in [1.807, 2.05) is 13.1 Å². The lowest BCUT2D eigenvalue weighted by atomic mass is 9.93. The third kappa shape index (κ3) is 1.89. The molecule has 1 aliphatic carbocycles. The van der Waals surface area contributed by atoms with Gasteiger partial charge in [-0.1, -0.05) is 0 Å². The molecule has 6 heteroatoms. The fourth-order valence-corrected chi connectivity index (χ4v) is 2.32. The number of hydrogen-bond donors (Lipinski definition) is 1. The van der Waals surface area contributed by atoms with Gasteiger partial charge in [0.1, 0.15) is 17.2 Å². The van der Waals surface area contributed by atoms with E-state index in [9.17, 15) is 4.79 Å². The van der Waals surface area contributed by atoms with Crippen molar-refractivity contribution in [1.82, 2.24) is 20.2 Å². The topological polar surface area (TPSA) is 80.8 Å². The first-order valence-electron chi connectivity index (χ1n) is 6.28. The quantitative estimate of drug-likeness (QED) is 0.824. The molecule has 0 aromatic carbocycles. The van der Waals surface area contributed by atoms with Crippen LogP contribution < -0.4 is 0 Å². The van der Waals surface area contributed by atoms with Crippen molar-refractivity contribution in [2.24, 2.45) is 0 Å². The summed E-state index contributed by atoms with van der Waals surface area (Å²) in [7, 11) is 0. The SMILES string of the molecule is CCOC(=O)c1[nH]nc2c1CCc1cnc(C)nc1-2. The fraction of sp³-hybridized carbons (Fsp3) is 0.385. The molecule has 0 fully saturated rings. The average molecular weight is 258 g/mol. The molecule has 0 atom stereocenters. The van der Waals surface area contributed by atoms with Gasteiger partial charge in [0, 0.05) is 11.8 Å². The van der Waals surface area contributed by atoms with Crippen LogP contribution in [0.25, 0.3) is 11.4 Å². The van der Waals surface area contributed by atoms with Crippen molar-refractivity contribution in [2.75, 3.05) is 6.61 Å². The molecule has 3 rings (SSSR count). The van der Waals surface area contributed by atoms with E-state index in [1.165, 1.54) is 0 Å². The third-order valence-corrected chi connectivity index (χ3v) is 3.20. The van der Waals surface area contributed by atoms with E-state index in [-0.39, 0.29) is 5.97 Å². The van der Waals surface area contributed by atoms with Crippen LogP contribution in [0.5, 0.6) is 0 Å². The smallest absolute Gasteiger partial charge is 0.356 e. The molecular formula is C13H14N4O2. The van der Waals surface area contributed by atoms with Gasteiger partial charge < -0.3 is 4.74 Å². The first-order chi connectivity index (χ1) is 9.20. The van der Waals surface area contributed by atoms with Crippen LogP contribution in [0.3, 0.4) is 0 Å². The summed E-state index contributed by atoms with van der Waals surface area (Å²) in [5.41, 5.74) is 3.97. The molecule has 0 saturated heterocycles. The van der Waals surface area contributed by atoms with E-state index in [0.29, 0.717) is 18.1 Å². The number of carbonyl (C=O) groups is 1. The Bertz CT molecular complexity index is 648. The standard InChI is InChI=1S/C13H14N4O2/c1-3-19-13(18)12-9-5-4-8-6-14-7(2)15-10(8)11(9)16-17-12/h6H,3-5H2,1-2H3,(H,16,17). The highest BCUT2D eigenvalue weighted by atomic mass is 16.5. The number of aromatic amines is 1. The van der Waals surface area contributed by atoms with Crippen LogP contribution in [0.4, 0.5) is 0 Å². The predicted molar refractivity (Wildman–Crippen MR) is 67.7 cm³/mol. The van der Waals surface area contributed by atoms with Crippen LogP contribution in [0.15, 0.2) is 6.20 Å². The molecule has 6 nitrogen and oxygen atoms in total. The Balaban J connectivity index is 2.09. The molecule has 1 N–H and O–H groups in total. The average Bonchev–Trinajstić information content (AvgIpc) is 2.83. The molecule has 0 aliphatic heterocycles. The highest BCUT2D eigenvalue weighted by Crippen LogP contribution is 2.31. The van der Waals surface area contributed by atoms with Gasteiger partial charge in [-0.3, -0.25) is 5.10 Å². The molecule has 98 valence electrons. The van der Waals surface area contributed by atoms with Gasteiger partial charge in [0.2, 0.25) is 0 Å². The molecule has 0 radical (unpaired) electrons. The lowest BCUT2D eigenvalue weighted by Gasteiger charge is -2.14. The van der Waals surface area contributed by atoms with Crippen LogP contribution in [0.1, 0.15) is 34.4 Å².